The van der Waals surface area contributed by atoms with E-state index in [9.17, 15) is 10.1 Å². The van der Waals surface area contributed by atoms with Crippen LogP contribution in [0, 0.1) is 10.1 Å². The van der Waals surface area contributed by atoms with Crippen molar-refractivity contribution in [2.24, 2.45) is 0 Å². The van der Waals surface area contributed by atoms with Crippen molar-refractivity contribution < 1.29 is 4.92 Å². The van der Waals surface area contributed by atoms with Crippen molar-refractivity contribution in [3.8, 4) is 0 Å². The Labute approximate surface area is 121 Å². The van der Waals surface area contributed by atoms with Gasteiger partial charge in [0.15, 0.2) is 0 Å². The van der Waals surface area contributed by atoms with E-state index in [2.05, 4.69) is 15.2 Å². The molecule has 2 rings (SSSR count). The van der Waals surface area contributed by atoms with Crippen LogP contribution in [0.2, 0.25) is 0 Å². The van der Waals surface area contributed by atoms with Gasteiger partial charge in [-0.1, -0.05) is 12.1 Å². The lowest BCUT2D eigenvalue weighted by molar-refractivity contribution is -0.384. The minimum absolute atomic E-state index is 0.104. The largest absolute Gasteiger partial charge is 0.382 e. The number of aromatic nitrogens is 1. The van der Waals surface area contributed by atoms with Gasteiger partial charge in [0.1, 0.15) is 5.69 Å². The number of hydrogen-bond acceptors (Lipinski definition) is 6. The Morgan fingerprint density at radius 2 is 2.25 bits per heavy atom. The smallest absolute Gasteiger partial charge is 0.292 e. The first-order valence-electron chi connectivity index (χ1n) is 6.11. The highest BCUT2D eigenvalue weighted by Crippen LogP contribution is 2.28. The molecule has 0 aliphatic heterocycles. The molecule has 0 atom stereocenters. The second kappa shape index (κ2) is 6.44. The molecule has 0 saturated heterocycles. The Morgan fingerprint density at radius 3 is 2.85 bits per heavy atom. The van der Waals surface area contributed by atoms with Crippen LogP contribution in [0.5, 0.6) is 0 Å². The quantitative estimate of drug-likeness (QED) is 0.654. The molecule has 0 aliphatic rings. The Bertz CT molecular complexity index is 586. The first-order valence-corrected chi connectivity index (χ1v) is 7.05. The molecule has 0 aliphatic carbocycles. The SMILES string of the molecule is CNc1c(CN(C)Cc2cscn2)cccc1[N+](=O)[O-]. The zero-order valence-electron chi connectivity index (χ0n) is 11.4. The number of nitro groups is 1. The summed E-state index contributed by atoms with van der Waals surface area (Å²) < 4.78 is 0. The topological polar surface area (TPSA) is 71.3 Å². The van der Waals surface area contributed by atoms with Gasteiger partial charge in [0, 0.05) is 31.6 Å². The van der Waals surface area contributed by atoms with Crippen LogP contribution in [0.25, 0.3) is 0 Å². The van der Waals surface area contributed by atoms with Crippen LogP contribution in [0.1, 0.15) is 11.3 Å². The van der Waals surface area contributed by atoms with Crippen LogP contribution in [0.4, 0.5) is 11.4 Å². The van der Waals surface area contributed by atoms with Crippen molar-refractivity contribution in [1.82, 2.24) is 9.88 Å². The van der Waals surface area contributed by atoms with Crippen molar-refractivity contribution >= 4 is 22.7 Å². The van der Waals surface area contributed by atoms with Gasteiger partial charge >= 0.3 is 0 Å². The molecule has 0 saturated carbocycles. The molecule has 0 radical (unpaired) electrons. The number of hydrogen-bond donors (Lipinski definition) is 1. The molecular weight excluding hydrogens is 276 g/mol. The number of para-hydroxylation sites is 1. The summed E-state index contributed by atoms with van der Waals surface area (Å²) in [4.78, 5) is 17.0. The van der Waals surface area contributed by atoms with Crippen LogP contribution in [0.15, 0.2) is 29.1 Å². The van der Waals surface area contributed by atoms with Crippen molar-refractivity contribution in [2.75, 3.05) is 19.4 Å². The third-order valence-electron chi connectivity index (χ3n) is 2.93. The van der Waals surface area contributed by atoms with Gasteiger partial charge in [0.25, 0.3) is 5.69 Å². The standard InChI is InChI=1S/C13H16N4O2S/c1-14-13-10(4-3-5-12(13)17(18)19)6-16(2)7-11-8-20-9-15-11/h3-5,8-9,14H,6-7H2,1-2H3. The van der Waals surface area contributed by atoms with E-state index in [1.54, 1.807) is 30.0 Å². The molecule has 6 nitrogen and oxygen atoms in total. The monoisotopic (exact) mass is 292 g/mol. The molecule has 0 amide bonds. The van der Waals surface area contributed by atoms with E-state index in [-0.39, 0.29) is 10.6 Å². The average Bonchev–Trinajstić information content (AvgIpc) is 2.91. The van der Waals surface area contributed by atoms with Crippen molar-refractivity contribution in [3.05, 3.63) is 50.5 Å². The molecule has 1 N–H and O–H groups in total. The Hall–Kier alpha value is -1.99. The number of nitrogens with zero attached hydrogens (tertiary/aromatic N) is 3. The highest BCUT2D eigenvalue weighted by molar-refractivity contribution is 7.07. The second-order valence-corrected chi connectivity index (χ2v) is 5.19. The summed E-state index contributed by atoms with van der Waals surface area (Å²) in [6.07, 6.45) is 0. The lowest BCUT2D eigenvalue weighted by Crippen LogP contribution is -2.18. The lowest BCUT2D eigenvalue weighted by Gasteiger charge is -2.17. The number of thiazole rings is 1. The van der Waals surface area contributed by atoms with Crippen molar-refractivity contribution in [1.29, 1.82) is 0 Å². The Kier molecular flexibility index (Phi) is 4.65. The minimum atomic E-state index is -0.365. The predicted octanol–water partition coefficient (Wildman–Crippen LogP) is 2.73. The summed E-state index contributed by atoms with van der Waals surface area (Å²) in [7, 11) is 3.67. The van der Waals surface area contributed by atoms with Gasteiger partial charge in [-0.3, -0.25) is 15.0 Å². The molecule has 20 heavy (non-hydrogen) atoms. The van der Waals surface area contributed by atoms with Crippen LogP contribution in [0.3, 0.4) is 0 Å². The zero-order chi connectivity index (χ0) is 14.5. The number of anilines is 1. The molecule has 1 aromatic carbocycles. The Balaban J connectivity index is 2.16. The highest BCUT2D eigenvalue weighted by atomic mass is 32.1. The molecule has 1 heterocycles. The number of rotatable bonds is 6. The lowest BCUT2D eigenvalue weighted by atomic mass is 10.1. The van der Waals surface area contributed by atoms with Gasteiger partial charge in [-0.25, -0.2) is 4.98 Å². The van der Waals surface area contributed by atoms with Crippen LogP contribution < -0.4 is 5.32 Å². The van der Waals surface area contributed by atoms with Gasteiger partial charge in [0.2, 0.25) is 0 Å². The van der Waals surface area contributed by atoms with Gasteiger partial charge < -0.3 is 5.32 Å². The number of benzene rings is 1. The fraction of sp³-hybridized carbons (Fsp3) is 0.308. The fourth-order valence-electron chi connectivity index (χ4n) is 2.10. The summed E-state index contributed by atoms with van der Waals surface area (Å²) in [6, 6.07) is 5.12. The summed E-state index contributed by atoms with van der Waals surface area (Å²) in [5, 5.41) is 15.9. The molecule has 0 fully saturated rings. The number of nitro benzene ring substituents is 1. The van der Waals surface area contributed by atoms with Gasteiger partial charge in [0.05, 0.1) is 16.1 Å². The molecule has 106 valence electrons. The van der Waals surface area contributed by atoms with Crippen molar-refractivity contribution in [2.45, 2.75) is 13.1 Å². The minimum Gasteiger partial charge on any atom is -0.382 e. The fourth-order valence-corrected chi connectivity index (χ4v) is 2.65. The predicted molar refractivity (Wildman–Crippen MR) is 79.9 cm³/mol. The molecule has 2 aromatic rings. The third-order valence-corrected chi connectivity index (χ3v) is 3.57. The molecule has 7 heteroatoms. The van der Waals surface area contributed by atoms with E-state index in [1.165, 1.54) is 6.07 Å². The van der Waals surface area contributed by atoms with E-state index < -0.39 is 0 Å². The van der Waals surface area contributed by atoms with E-state index in [0.29, 0.717) is 12.2 Å². The first kappa shape index (κ1) is 14.4. The van der Waals surface area contributed by atoms with E-state index in [1.807, 2.05) is 18.5 Å². The average molecular weight is 292 g/mol. The maximum atomic E-state index is 11.0. The molecule has 0 bridgehead atoms. The maximum absolute atomic E-state index is 11.0. The normalized spacial score (nSPS) is 10.8. The van der Waals surface area contributed by atoms with E-state index >= 15 is 0 Å². The summed E-state index contributed by atoms with van der Waals surface area (Å²) in [5.41, 5.74) is 4.39. The van der Waals surface area contributed by atoms with Gasteiger partial charge in [-0.2, -0.15) is 0 Å². The molecule has 0 spiro atoms. The van der Waals surface area contributed by atoms with Crippen molar-refractivity contribution in [3.63, 3.8) is 0 Å². The molecule has 1 aromatic heterocycles. The van der Waals surface area contributed by atoms with E-state index in [4.69, 9.17) is 0 Å². The second-order valence-electron chi connectivity index (χ2n) is 4.47. The van der Waals surface area contributed by atoms with Gasteiger partial charge in [-0.15, -0.1) is 11.3 Å². The van der Waals surface area contributed by atoms with Gasteiger partial charge in [-0.05, 0) is 12.6 Å². The summed E-state index contributed by atoms with van der Waals surface area (Å²) in [6.45, 7) is 1.34. The highest BCUT2D eigenvalue weighted by Gasteiger charge is 2.17. The van der Waals surface area contributed by atoms with E-state index in [0.717, 1.165) is 17.8 Å². The molecule has 0 unspecified atom stereocenters. The maximum Gasteiger partial charge on any atom is 0.292 e. The summed E-state index contributed by atoms with van der Waals surface area (Å²) >= 11 is 1.56. The zero-order valence-corrected chi connectivity index (χ0v) is 12.2. The Morgan fingerprint density at radius 1 is 1.45 bits per heavy atom. The van der Waals surface area contributed by atoms with Crippen LogP contribution >= 0.6 is 11.3 Å². The van der Waals surface area contributed by atoms with Crippen LogP contribution in [-0.2, 0) is 13.1 Å². The summed E-state index contributed by atoms with van der Waals surface area (Å²) in [5.74, 6) is 0. The molecular formula is C13H16N4O2S. The first-order chi connectivity index (χ1) is 9.61. The third kappa shape index (κ3) is 3.31. The van der Waals surface area contributed by atoms with Crippen LogP contribution in [-0.4, -0.2) is 28.9 Å². The number of nitrogens with one attached hydrogen (secondary N) is 1.